The Bertz CT molecular complexity index is 699. The third-order valence-corrected chi connectivity index (χ3v) is 4.36. The van der Waals surface area contributed by atoms with Gasteiger partial charge in [0.25, 0.3) is 0 Å². The van der Waals surface area contributed by atoms with Crippen LogP contribution in [0.15, 0.2) is 27.2 Å². The van der Waals surface area contributed by atoms with Gasteiger partial charge in [0.15, 0.2) is 0 Å². The monoisotopic (exact) mass is 429 g/mol. The van der Waals surface area contributed by atoms with Gasteiger partial charge in [0.05, 0.1) is 44.0 Å². The summed E-state index contributed by atoms with van der Waals surface area (Å²) in [4.78, 5) is 16.3. The van der Waals surface area contributed by atoms with Crippen molar-refractivity contribution in [2.24, 2.45) is 10.9 Å². The van der Waals surface area contributed by atoms with E-state index >= 15 is 0 Å². The number of ether oxygens (including phenoxy) is 3. The number of hydrogen-bond acceptors (Lipinski definition) is 7. The lowest BCUT2D eigenvalue weighted by Crippen LogP contribution is -2.19. The van der Waals surface area contributed by atoms with Crippen molar-refractivity contribution in [3.05, 3.63) is 27.7 Å². The quantitative estimate of drug-likeness (QED) is 0.285. The molecule has 0 saturated carbocycles. The smallest absolute Gasteiger partial charge is 0.343 e. The van der Waals surface area contributed by atoms with Crippen molar-refractivity contribution < 1.29 is 29.2 Å². The van der Waals surface area contributed by atoms with E-state index in [0.29, 0.717) is 16.0 Å². The molecule has 1 aromatic carbocycles. The predicted molar refractivity (Wildman–Crippen MR) is 103 cm³/mol. The number of esters is 1. The van der Waals surface area contributed by atoms with Gasteiger partial charge in [-0.3, -0.25) is 4.99 Å². The zero-order valence-corrected chi connectivity index (χ0v) is 17.0. The first-order valence-corrected chi connectivity index (χ1v) is 8.67. The number of benzene rings is 1. The van der Waals surface area contributed by atoms with Crippen molar-refractivity contribution in [3.8, 4) is 11.5 Å². The van der Waals surface area contributed by atoms with Crippen LogP contribution in [0.25, 0.3) is 5.76 Å². The molecule has 0 aliphatic rings. The molecule has 0 bridgehead atoms. The molecule has 0 unspecified atom stereocenters. The standard InChI is InChI=1S/C18H24BrNO6/c1-10(2)14(9-21)20-8-12(18(23)26-5)17(22)11-6-13(19)16(25-4)7-15(11)24-3/h6-8,10,14,21-22H,9H2,1-5H3/b17-12-,20-8?/t14-/m1/s1. The average Bonchev–Trinajstić information content (AvgIpc) is 2.63. The van der Waals surface area contributed by atoms with Crippen LogP contribution in [0, 0.1) is 5.92 Å². The Hall–Kier alpha value is -2.06. The lowest BCUT2D eigenvalue weighted by molar-refractivity contribution is -0.135. The van der Waals surface area contributed by atoms with Gasteiger partial charge >= 0.3 is 5.97 Å². The fraction of sp³-hybridized carbons (Fsp3) is 0.444. The summed E-state index contributed by atoms with van der Waals surface area (Å²) in [7, 11) is 4.14. The summed E-state index contributed by atoms with van der Waals surface area (Å²) in [5.41, 5.74) is 0.110. The third kappa shape index (κ3) is 5.22. The number of aliphatic imine (C=N–C) groups is 1. The summed E-state index contributed by atoms with van der Waals surface area (Å²) in [6.45, 7) is 3.60. The summed E-state index contributed by atoms with van der Waals surface area (Å²) in [6, 6.07) is 2.73. The van der Waals surface area contributed by atoms with Gasteiger partial charge in [-0.25, -0.2) is 4.79 Å². The van der Waals surface area contributed by atoms with E-state index in [1.807, 2.05) is 13.8 Å². The first kappa shape index (κ1) is 22.0. The van der Waals surface area contributed by atoms with Gasteiger partial charge in [-0.1, -0.05) is 13.8 Å². The Balaban J connectivity index is 3.52. The molecule has 0 radical (unpaired) electrons. The maximum absolute atomic E-state index is 12.1. The fourth-order valence-electron chi connectivity index (χ4n) is 2.11. The highest BCUT2D eigenvalue weighted by molar-refractivity contribution is 9.10. The van der Waals surface area contributed by atoms with Crippen LogP contribution < -0.4 is 9.47 Å². The molecule has 0 aliphatic heterocycles. The molecule has 7 nitrogen and oxygen atoms in total. The molecular weight excluding hydrogens is 406 g/mol. The molecule has 144 valence electrons. The number of nitrogens with zero attached hydrogens (tertiary/aromatic N) is 1. The zero-order valence-electron chi connectivity index (χ0n) is 15.4. The van der Waals surface area contributed by atoms with E-state index in [1.54, 1.807) is 12.1 Å². The number of aliphatic hydroxyl groups is 2. The van der Waals surface area contributed by atoms with Crippen LogP contribution in [0.3, 0.4) is 0 Å². The van der Waals surface area contributed by atoms with Crippen molar-refractivity contribution >= 4 is 33.9 Å². The average molecular weight is 430 g/mol. The Morgan fingerprint density at radius 2 is 1.85 bits per heavy atom. The minimum absolute atomic E-state index is 0.0574. The maximum atomic E-state index is 12.1. The zero-order chi connectivity index (χ0) is 19.9. The normalized spacial score (nSPS) is 13.5. The number of carbonyl (C=O) groups excluding carboxylic acids is 1. The highest BCUT2D eigenvalue weighted by Gasteiger charge is 2.21. The molecular formula is C18H24BrNO6. The number of rotatable bonds is 8. The minimum Gasteiger partial charge on any atom is -0.506 e. The first-order valence-electron chi connectivity index (χ1n) is 7.88. The van der Waals surface area contributed by atoms with Crippen LogP contribution in [0.4, 0.5) is 0 Å². The van der Waals surface area contributed by atoms with Crippen LogP contribution in [0.5, 0.6) is 11.5 Å². The Kier molecular flexibility index (Phi) is 8.60. The van der Waals surface area contributed by atoms with E-state index in [9.17, 15) is 15.0 Å². The molecule has 8 heteroatoms. The molecule has 0 heterocycles. The summed E-state index contributed by atoms with van der Waals surface area (Å²) in [5, 5.41) is 20.1. The molecule has 0 spiro atoms. The van der Waals surface area contributed by atoms with Gasteiger partial charge < -0.3 is 24.4 Å². The minimum atomic E-state index is -0.763. The van der Waals surface area contributed by atoms with E-state index < -0.39 is 12.0 Å². The SMILES string of the molecule is COC(=O)/C(C=N[C@H](CO)C(C)C)=C(\O)c1cc(Br)c(OC)cc1OC. The number of carbonyl (C=O) groups is 1. The molecule has 26 heavy (non-hydrogen) atoms. The molecule has 0 aromatic heterocycles. The topological polar surface area (TPSA) is 97.6 Å². The number of methoxy groups -OCH3 is 3. The molecule has 2 N–H and O–H groups in total. The van der Waals surface area contributed by atoms with E-state index in [1.165, 1.54) is 27.5 Å². The summed E-state index contributed by atoms with van der Waals surface area (Å²) >= 11 is 3.34. The van der Waals surface area contributed by atoms with Crippen LogP contribution in [-0.2, 0) is 9.53 Å². The molecule has 0 saturated heterocycles. The number of halogens is 1. The summed E-state index contributed by atoms with van der Waals surface area (Å²) in [6.07, 6.45) is 1.21. The molecule has 1 atom stereocenters. The molecule has 0 amide bonds. The van der Waals surface area contributed by atoms with Crippen molar-refractivity contribution in [3.63, 3.8) is 0 Å². The van der Waals surface area contributed by atoms with Gasteiger partial charge in [-0.15, -0.1) is 0 Å². The molecule has 0 fully saturated rings. The molecule has 1 rings (SSSR count). The highest BCUT2D eigenvalue weighted by Crippen LogP contribution is 2.36. The molecule has 0 aliphatic carbocycles. The van der Waals surface area contributed by atoms with Crippen molar-refractivity contribution in [1.82, 2.24) is 0 Å². The Morgan fingerprint density at radius 3 is 2.31 bits per heavy atom. The summed E-state index contributed by atoms with van der Waals surface area (Å²) in [5.74, 6) is -0.254. The van der Waals surface area contributed by atoms with Crippen LogP contribution in [0.2, 0.25) is 0 Å². The van der Waals surface area contributed by atoms with Crippen molar-refractivity contribution in [1.29, 1.82) is 0 Å². The predicted octanol–water partition coefficient (Wildman–Crippen LogP) is 3.00. The second-order valence-electron chi connectivity index (χ2n) is 5.71. The van der Waals surface area contributed by atoms with Gasteiger partial charge in [0, 0.05) is 12.3 Å². The fourth-order valence-corrected chi connectivity index (χ4v) is 2.62. The number of aliphatic hydroxyl groups excluding tert-OH is 2. The van der Waals surface area contributed by atoms with E-state index in [-0.39, 0.29) is 29.4 Å². The van der Waals surface area contributed by atoms with Crippen molar-refractivity contribution in [2.45, 2.75) is 19.9 Å². The largest absolute Gasteiger partial charge is 0.506 e. The van der Waals surface area contributed by atoms with E-state index in [2.05, 4.69) is 20.9 Å². The Labute approximate surface area is 161 Å². The molecule has 1 aromatic rings. The van der Waals surface area contributed by atoms with Crippen LogP contribution in [-0.4, -0.2) is 56.4 Å². The van der Waals surface area contributed by atoms with Gasteiger partial charge in [0.1, 0.15) is 22.8 Å². The second kappa shape index (κ2) is 10.2. The highest BCUT2D eigenvalue weighted by atomic mass is 79.9. The summed E-state index contributed by atoms with van der Waals surface area (Å²) < 4.78 is 15.8. The van der Waals surface area contributed by atoms with Gasteiger partial charge in [-0.2, -0.15) is 0 Å². The van der Waals surface area contributed by atoms with E-state index in [4.69, 9.17) is 14.2 Å². The van der Waals surface area contributed by atoms with Crippen LogP contribution in [0.1, 0.15) is 19.4 Å². The number of hydrogen-bond donors (Lipinski definition) is 2. The van der Waals surface area contributed by atoms with Gasteiger partial charge in [0.2, 0.25) is 0 Å². The van der Waals surface area contributed by atoms with E-state index in [0.717, 1.165) is 0 Å². The lowest BCUT2D eigenvalue weighted by atomic mass is 10.1. The third-order valence-electron chi connectivity index (χ3n) is 3.74. The maximum Gasteiger partial charge on any atom is 0.343 e. The van der Waals surface area contributed by atoms with Crippen LogP contribution >= 0.6 is 15.9 Å². The second-order valence-corrected chi connectivity index (χ2v) is 6.57. The van der Waals surface area contributed by atoms with Crippen molar-refractivity contribution in [2.75, 3.05) is 27.9 Å². The lowest BCUT2D eigenvalue weighted by Gasteiger charge is -2.15. The Morgan fingerprint density at radius 1 is 1.23 bits per heavy atom. The van der Waals surface area contributed by atoms with Gasteiger partial charge in [-0.05, 0) is 27.9 Å². The first-order chi connectivity index (χ1) is 12.3.